The molecule has 0 spiro atoms. The van der Waals surface area contributed by atoms with Gasteiger partial charge in [-0.25, -0.2) is 9.59 Å². The fourth-order valence-electron chi connectivity index (χ4n) is 1.18. The number of carbonyl (C=O) groups excluding carboxylic acids is 1. The first-order valence-corrected chi connectivity index (χ1v) is 4.50. The van der Waals surface area contributed by atoms with E-state index in [1.165, 1.54) is 38.0 Å². The molecule has 0 aliphatic carbocycles. The normalized spacial score (nSPS) is 10.7. The van der Waals surface area contributed by atoms with E-state index < -0.39 is 17.2 Å². The van der Waals surface area contributed by atoms with Crippen molar-refractivity contribution in [1.82, 2.24) is 9.13 Å². The van der Waals surface area contributed by atoms with Gasteiger partial charge >= 0.3 is 11.7 Å². The molecule has 1 aromatic rings. The van der Waals surface area contributed by atoms with Crippen molar-refractivity contribution < 1.29 is 9.53 Å². The number of nitrogens with zero attached hydrogens (tertiary/aromatic N) is 2. The van der Waals surface area contributed by atoms with E-state index in [-0.39, 0.29) is 5.56 Å². The Hall–Kier alpha value is -2.11. The monoisotopic (exact) mass is 224 g/mol. The first kappa shape index (κ1) is 12.0. The maximum absolute atomic E-state index is 11.6. The molecule has 1 heterocycles. The van der Waals surface area contributed by atoms with E-state index in [0.717, 1.165) is 10.6 Å². The molecular formula is C10H12N2O4. The predicted octanol–water partition coefficient (Wildman–Crippen LogP) is -0.730. The molecule has 0 aliphatic heterocycles. The highest BCUT2D eigenvalue weighted by Gasteiger charge is 2.04. The highest BCUT2D eigenvalue weighted by atomic mass is 16.5. The molecule has 0 saturated heterocycles. The summed E-state index contributed by atoms with van der Waals surface area (Å²) in [7, 11) is 4.14. The van der Waals surface area contributed by atoms with Crippen LogP contribution in [-0.2, 0) is 23.6 Å². The quantitative estimate of drug-likeness (QED) is 0.490. The van der Waals surface area contributed by atoms with Crippen molar-refractivity contribution in [2.45, 2.75) is 0 Å². The maximum atomic E-state index is 11.6. The molecule has 0 radical (unpaired) electrons. The van der Waals surface area contributed by atoms with Crippen molar-refractivity contribution in [2.75, 3.05) is 7.11 Å². The molecule has 16 heavy (non-hydrogen) atoms. The zero-order valence-corrected chi connectivity index (χ0v) is 9.26. The molecular weight excluding hydrogens is 212 g/mol. The first-order chi connectivity index (χ1) is 7.47. The second-order valence-electron chi connectivity index (χ2n) is 3.20. The first-order valence-electron chi connectivity index (χ1n) is 4.50. The molecule has 0 saturated carbocycles. The Bertz CT molecular complexity index is 551. The van der Waals surface area contributed by atoms with Gasteiger partial charge in [0.2, 0.25) is 0 Å². The van der Waals surface area contributed by atoms with E-state index in [1.807, 2.05) is 0 Å². The summed E-state index contributed by atoms with van der Waals surface area (Å²) < 4.78 is 6.62. The molecule has 86 valence electrons. The number of hydrogen-bond acceptors (Lipinski definition) is 4. The van der Waals surface area contributed by atoms with Gasteiger partial charge in [0.25, 0.3) is 5.56 Å². The van der Waals surface area contributed by atoms with Gasteiger partial charge < -0.3 is 9.30 Å². The number of hydrogen-bond donors (Lipinski definition) is 0. The summed E-state index contributed by atoms with van der Waals surface area (Å²) in [6.07, 6.45) is 3.80. The van der Waals surface area contributed by atoms with Crippen LogP contribution in [0.15, 0.2) is 21.9 Å². The number of rotatable bonds is 2. The van der Waals surface area contributed by atoms with Gasteiger partial charge in [-0.15, -0.1) is 0 Å². The summed E-state index contributed by atoms with van der Waals surface area (Å²) in [5.74, 6) is -0.559. The lowest BCUT2D eigenvalue weighted by atomic mass is 10.3. The van der Waals surface area contributed by atoms with E-state index in [0.29, 0.717) is 0 Å². The van der Waals surface area contributed by atoms with Gasteiger partial charge in [0.15, 0.2) is 0 Å². The Labute approximate surface area is 91.4 Å². The average Bonchev–Trinajstić information content (AvgIpc) is 2.28. The zero-order chi connectivity index (χ0) is 12.3. The van der Waals surface area contributed by atoms with E-state index >= 15 is 0 Å². The minimum Gasteiger partial charge on any atom is -0.466 e. The zero-order valence-electron chi connectivity index (χ0n) is 9.26. The van der Waals surface area contributed by atoms with Crippen molar-refractivity contribution in [3.8, 4) is 0 Å². The van der Waals surface area contributed by atoms with E-state index in [2.05, 4.69) is 4.74 Å². The number of aromatic nitrogens is 2. The second kappa shape index (κ2) is 4.61. The lowest BCUT2D eigenvalue weighted by molar-refractivity contribution is -0.134. The van der Waals surface area contributed by atoms with E-state index in [4.69, 9.17) is 0 Å². The second-order valence-corrected chi connectivity index (χ2v) is 3.20. The van der Waals surface area contributed by atoms with Crippen LogP contribution in [0, 0.1) is 0 Å². The van der Waals surface area contributed by atoms with Crippen LogP contribution in [0.1, 0.15) is 5.56 Å². The molecule has 0 aliphatic rings. The van der Waals surface area contributed by atoms with Gasteiger partial charge in [-0.2, -0.15) is 0 Å². The summed E-state index contributed by atoms with van der Waals surface area (Å²) in [5, 5.41) is 0. The van der Waals surface area contributed by atoms with Crippen molar-refractivity contribution in [1.29, 1.82) is 0 Å². The summed E-state index contributed by atoms with van der Waals surface area (Å²) in [4.78, 5) is 33.8. The molecule has 0 bridgehead atoms. The van der Waals surface area contributed by atoms with E-state index in [9.17, 15) is 14.4 Å². The predicted molar refractivity (Wildman–Crippen MR) is 58.0 cm³/mol. The lowest BCUT2D eigenvalue weighted by Crippen LogP contribution is -2.37. The number of ether oxygens (including phenoxy) is 1. The van der Waals surface area contributed by atoms with Crippen LogP contribution in [0.2, 0.25) is 0 Å². The van der Waals surface area contributed by atoms with Crippen LogP contribution in [-0.4, -0.2) is 22.2 Å². The third-order valence-corrected chi connectivity index (χ3v) is 2.07. The van der Waals surface area contributed by atoms with Gasteiger partial charge in [-0.05, 0) is 6.08 Å². The smallest absolute Gasteiger partial charge is 0.330 e. The molecule has 0 amide bonds. The number of carbonyl (C=O) groups is 1. The van der Waals surface area contributed by atoms with Crippen molar-refractivity contribution in [3.63, 3.8) is 0 Å². The van der Waals surface area contributed by atoms with Crippen molar-refractivity contribution >= 4 is 12.0 Å². The fraction of sp³-hybridized carbons (Fsp3) is 0.300. The Kier molecular flexibility index (Phi) is 3.44. The Balaban J connectivity index is 3.27. The Morgan fingerprint density at radius 3 is 2.56 bits per heavy atom. The average molecular weight is 224 g/mol. The standard InChI is InChI=1S/C10H12N2O4/c1-11-6-7(4-5-8(13)16-3)9(14)12(2)10(11)15/h4-6H,1-3H3. The van der Waals surface area contributed by atoms with Gasteiger partial charge in [-0.1, -0.05) is 0 Å². The molecule has 0 unspecified atom stereocenters. The summed E-state index contributed by atoms with van der Waals surface area (Å²) in [6, 6.07) is 0. The summed E-state index contributed by atoms with van der Waals surface area (Å²) >= 11 is 0. The molecule has 0 N–H and O–H groups in total. The molecule has 0 atom stereocenters. The minimum atomic E-state index is -0.559. The van der Waals surface area contributed by atoms with Crippen LogP contribution >= 0.6 is 0 Å². The van der Waals surface area contributed by atoms with Crippen LogP contribution in [0.3, 0.4) is 0 Å². The summed E-state index contributed by atoms with van der Waals surface area (Å²) in [6.45, 7) is 0. The van der Waals surface area contributed by atoms with Crippen LogP contribution in [0.25, 0.3) is 6.08 Å². The Morgan fingerprint density at radius 2 is 2.00 bits per heavy atom. The molecule has 0 aromatic carbocycles. The van der Waals surface area contributed by atoms with Crippen molar-refractivity contribution in [3.05, 3.63) is 38.7 Å². The minimum absolute atomic E-state index is 0.245. The summed E-state index contributed by atoms with van der Waals surface area (Å²) in [5.41, 5.74) is -0.626. The van der Waals surface area contributed by atoms with Gasteiger partial charge in [-0.3, -0.25) is 9.36 Å². The number of aryl methyl sites for hydroxylation is 1. The van der Waals surface area contributed by atoms with E-state index in [1.54, 1.807) is 0 Å². The molecule has 6 nitrogen and oxygen atoms in total. The maximum Gasteiger partial charge on any atom is 0.330 e. The molecule has 0 fully saturated rings. The van der Waals surface area contributed by atoms with Gasteiger partial charge in [0.05, 0.1) is 12.7 Å². The fourth-order valence-corrected chi connectivity index (χ4v) is 1.18. The SMILES string of the molecule is COC(=O)C=Cc1cn(C)c(=O)n(C)c1=O. The largest absolute Gasteiger partial charge is 0.466 e. The third-order valence-electron chi connectivity index (χ3n) is 2.07. The topological polar surface area (TPSA) is 70.3 Å². The molecule has 6 heteroatoms. The lowest BCUT2D eigenvalue weighted by Gasteiger charge is -2.02. The van der Waals surface area contributed by atoms with Crippen LogP contribution < -0.4 is 11.2 Å². The Morgan fingerprint density at radius 1 is 1.38 bits per heavy atom. The molecule has 1 aromatic heterocycles. The van der Waals surface area contributed by atoms with Crippen LogP contribution in [0.4, 0.5) is 0 Å². The highest BCUT2D eigenvalue weighted by Crippen LogP contribution is 1.92. The van der Waals surface area contributed by atoms with Gasteiger partial charge in [0.1, 0.15) is 0 Å². The van der Waals surface area contributed by atoms with Crippen molar-refractivity contribution in [2.24, 2.45) is 14.1 Å². The third kappa shape index (κ3) is 2.28. The number of esters is 1. The highest BCUT2D eigenvalue weighted by molar-refractivity contribution is 5.86. The van der Waals surface area contributed by atoms with Gasteiger partial charge in [0, 0.05) is 26.4 Å². The molecule has 1 rings (SSSR count). The van der Waals surface area contributed by atoms with Crippen LogP contribution in [0.5, 0.6) is 0 Å². The number of methoxy groups -OCH3 is 1.